The van der Waals surface area contributed by atoms with Crippen molar-refractivity contribution >= 4 is 26.5 Å². The lowest BCUT2D eigenvalue weighted by Crippen LogP contribution is -2.39. The molecule has 1 rings (SSSR count). The number of anilines is 1. The monoisotopic (exact) mass is 278 g/mol. The standard InChI is InChI=1S/C9H18N4O2S2/c1-6(5-13(3)4)12-17(14,15)8-7(2)11-9(10)16-8/h6,12H,5H2,1-4H3,(H2,10,11). The maximum absolute atomic E-state index is 12.0. The maximum atomic E-state index is 12.0. The summed E-state index contributed by atoms with van der Waals surface area (Å²) in [6.07, 6.45) is 0. The number of thiazole rings is 1. The molecule has 1 unspecified atom stereocenters. The maximum Gasteiger partial charge on any atom is 0.252 e. The van der Waals surface area contributed by atoms with Crippen molar-refractivity contribution in [1.82, 2.24) is 14.6 Å². The molecule has 0 bridgehead atoms. The van der Waals surface area contributed by atoms with Crippen LogP contribution in [0.15, 0.2) is 4.21 Å². The predicted molar refractivity (Wildman–Crippen MR) is 69.6 cm³/mol. The molecule has 1 aromatic rings. The zero-order valence-electron chi connectivity index (χ0n) is 10.4. The van der Waals surface area contributed by atoms with Crippen LogP contribution in [0, 0.1) is 6.92 Å². The molecule has 0 aromatic carbocycles. The summed E-state index contributed by atoms with van der Waals surface area (Å²) in [5.74, 6) is 0. The summed E-state index contributed by atoms with van der Waals surface area (Å²) in [6, 6.07) is -0.169. The van der Waals surface area contributed by atoms with Crippen LogP contribution in [0.3, 0.4) is 0 Å². The van der Waals surface area contributed by atoms with Crippen molar-refractivity contribution < 1.29 is 8.42 Å². The van der Waals surface area contributed by atoms with Gasteiger partial charge in [-0.1, -0.05) is 11.3 Å². The highest BCUT2D eigenvalue weighted by molar-refractivity contribution is 7.91. The van der Waals surface area contributed by atoms with Gasteiger partial charge in [0.25, 0.3) is 10.0 Å². The van der Waals surface area contributed by atoms with Gasteiger partial charge in [-0.25, -0.2) is 18.1 Å². The van der Waals surface area contributed by atoms with Gasteiger partial charge in [0, 0.05) is 12.6 Å². The Hall–Kier alpha value is -0.700. The van der Waals surface area contributed by atoms with Crippen LogP contribution in [-0.2, 0) is 10.0 Å². The average Bonchev–Trinajstić information content (AvgIpc) is 2.42. The van der Waals surface area contributed by atoms with Gasteiger partial charge >= 0.3 is 0 Å². The van der Waals surface area contributed by atoms with Crippen LogP contribution in [0.4, 0.5) is 5.13 Å². The van der Waals surface area contributed by atoms with Crippen molar-refractivity contribution in [3.63, 3.8) is 0 Å². The van der Waals surface area contributed by atoms with Crippen molar-refractivity contribution in [2.75, 3.05) is 26.4 Å². The van der Waals surface area contributed by atoms with E-state index in [0.29, 0.717) is 12.2 Å². The van der Waals surface area contributed by atoms with Gasteiger partial charge in [-0.05, 0) is 27.9 Å². The Morgan fingerprint density at radius 1 is 1.53 bits per heavy atom. The topological polar surface area (TPSA) is 88.3 Å². The highest BCUT2D eigenvalue weighted by atomic mass is 32.2. The highest BCUT2D eigenvalue weighted by Gasteiger charge is 2.23. The molecular weight excluding hydrogens is 260 g/mol. The number of rotatable bonds is 5. The fourth-order valence-electron chi connectivity index (χ4n) is 1.56. The fourth-order valence-corrected chi connectivity index (χ4v) is 4.11. The van der Waals surface area contributed by atoms with Gasteiger partial charge in [0.1, 0.15) is 0 Å². The first-order valence-corrected chi connectivity index (χ1v) is 7.42. The van der Waals surface area contributed by atoms with Gasteiger partial charge in [0.2, 0.25) is 0 Å². The molecule has 0 amide bonds. The minimum Gasteiger partial charge on any atom is -0.375 e. The lowest BCUT2D eigenvalue weighted by molar-refractivity contribution is 0.370. The van der Waals surface area contributed by atoms with E-state index in [9.17, 15) is 8.42 Å². The zero-order chi connectivity index (χ0) is 13.2. The molecule has 0 fully saturated rings. The summed E-state index contributed by atoms with van der Waals surface area (Å²) in [7, 11) is 0.264. The molecule has 0 aliphatic rings. The first-order valence-electron chi connectivity index (χ1n) is 5.12. The molecule has 0 aliphatic carbocycles. The van der Waals surface area contributed by atoms with Crippen molar-refractivity contribution in [1.29, 1.82) is 0 Å². The van der Waals surface area contributed by atoms with Crippen LogP contribution in [-0.4, -0.2) is 45.0 Å². The largest absolute Gasteiger partial charge is 0.375 e. The van der Waals surface area contributed by atoms with E-state index in [1.54, 1.807) is 6.92 Å². The summed E-state index contributed by atoms with van der Waals surface area (Å²) < 4.78 is 26.9. The number of nitrogens with zero attached hydrogens (tertiary/aromatic N) is 2. The predicted octanol–water partition coefficient (Wildman–Crippen LogP) is 0.262. The third-order valence-electron chi connectivity index (χ3n) is 2.01. The van der Waals surface area contributed by atoms with Crippen molar-refractivity contribution in [3.05, 3.63) is 5.69 Å². The van der Waals surface area contributed by atoms with Crippen LogP contribution in [0.5, 0.6) is 0 Å². The normalized spacial score (nSPS) is 14.2. The van der Waals surface area contributed by atoms with E-state index >= 15 is 0 Å². The smallest absolute Gasteiger partial charge is 0.252 e. The molecule has 6 nitrogen and oxygen atoms in total. The van der Waals surface area contributed by atoms with Crippen molar-refractivity contribution in [2.24, 2.45) is 0 Å². The third kappa shape index (κ3) is 3.91. The summed E-state index contributed by atoms with van der Waals surface area (Å²) in [6.45, 7) is 4.09. The second-order valence-electron chi connectivity index (χ2n) is 4.21. The second-order valence-corrected chi connectivity index (χ2v) is 7.15. The second kappa shape index (κ2) is 5.30. The van der Waals surface area contributed by atoms with E-state index in [4.69, 9.17) is 5.73 Å². The summed E-state index contributed by atoms with van der Waals surface area (Å²) >= 11 is 0.985. The third-order valence-corrected chi connectivity index (χ3v) is 5.20. The number of nitrogen functional groups attached to an aromatic ring is 1. The Balaban J connectivity index is 2.86. The van der Waals surface area contributed by atoms with E-state index < -0.39 is 10.0 Å². The van der Waals surface area contributed by atoms with E-state index in [1.807, 2.05) is 25.9 Å². The number of hydrogen-bond acceptors (Lipinski definition) is 6. The lowest BCUT2D eigenvalue weighted by Gasteiger charge is -2.17. The minimum atomic E-state index is -3.52. The first kappa shape index (κ1) is 14.4. The molecule has 98 valence electrons. The number of nitrogens with one attached hydrogen (secondary N) is 1. The zero-order valence-corrected chi connectivity index (χ0v) is 12.0. The molecular formula is C9H18N4O2S2. The number of hydrogen-bond donors (Lipinski definition) is 2. The molecule has 0 spiro atoms. The number of aromatic nitrogens is 1. The van der Waals surface area contributed by atoms with E-state index in [1.165, 1.54) is 0 Å². The van der Waals surface area contributed by atoms with E-state index in [0.717, 1.165) is 11.3 Å². The van der Waals surface area contributed by atoms with Gasteiger partial charge in [-0.3, -0.25) is 0 Å². The van der Waals surface area contributed by atoms with Gasteiger partial charge < -0.3 is 10.6 Å². The van der Waals surface area contributed by atoms with Gasteiger partial charge in [0.15, 0.2) is 9.34 Å². The lowest BCUT2D eigenvalue weighted by atomic mass is 10.3. The van der Waals surface area contributed by atoms with E-state index in [2.05, 4.69) is 9.71 Å². The number of aryl methyl sites for hydroxylation is 1. The van der Waals surface area contributed by atoms with Crippen LogP contribution >= 0.6 is 11.3 Å². The Bertz CT molecular complexity index is 481. The van der Waals surface area contributed by atoms with Crippen LogP contribution in [0.1, 0.15) is 12.6 Å². The first-order chi connectivity index (χ1) is 7.72. The summed E-state index contributed by atoms with van der Waals surface area (Å²) in [4.78, 5) is 5.83. The van der Waals surface area contributed by atoms with Crippen molar-refractivity contribution in [3.8, 4) is 0 Å². The Morgan fingerprint density at radius 3 is 2.53 bits per heavy atom. The molecule has 0 saturated heterocycles. The van der Waals surface area contributed by atoms with Crippen LogP contribution < -0.4 is 10.5 Å². The number of sulfonamides is 1. The molecule has 1 aromatic heterocycles. The molecule has 0 aliphatic heterocycles. The minimum absolute atomic E-state index is 0.169. The number of nitrogens with two attached hydrogens (primary N) is 1. The molecule has 17 heavy (non-hydrogen) atoms. The molecule has 0 radical (unpaired) electrons. The SMILES string of the molecule is Cc1nc(N)sc1S(=O)(=O)NC(C)CN(C)C. The summed E-state index contributed by atoms with van der Waals surface area (Å²) in [5.41, 5.74) is 5.94. The highest BCUT2D eigenvalue weighted by Crippen LogP contribution is 2.24. The van der Waals surface area contributed by atoms with Gasteiger partial charge in [0.05, 0.1) is 5.69 Å². The van der Waals surface area contributed by atoms with Crippen LogP contribution in [0.25, 0.3) is 0 Å². The Labute approximate surface area is 106 Å². The van der Waals surface area contributed by atoms with Crippen molar-refractivity contribution in [2.45, 2.75) is 24.1 Å². The fraction of sp³-hybridized carbons (Fsp3) is 0.667. The Kier molecular flexibility index (Phi) is 4.48. The van der Waals surface area contributed by atoms with E-state index in [-0.39, 0.29) is 15.4 Å². The molecule has 1 heterocycles. The molecule has 1 atom stereocenters. The van der Waals surface area contributed by atoms with Gasteiger partial charge in [-0.2, -0.15) is 0 Å². The molecule has 8 heteroatoms. The quantitative estimate of drug-likeness (QED) is 0.806. The molecule has 0 saturated carbocycles. The molecule has 3 N–H and O–H groups in total. The van der Waals surface area contributed by atoms with Gasteiger partial charge in [-0.15, -0.1) is 0 Å². The van der Waals surface area contributed by atoms with Crippen LogP contribution in [0.2, 0.25) is 0 Å². The number of likely N-dealkylation sites (N-methyl/N-ethyl adjacent to an activating group) is 1. The average molecular weight is 278 g/mol. The Morgan fingerprint density at radius 2 is 2.12 bits per heavy atom. The summed E-state index contributed by atoms with van der Waals surface area (Å²) in [5, 5.41) is 0.267.